The number of aromatic nitrogens is 5. The smallest absolute Gasteiger partial charge is 0.246 e. The monoisotopic (exact) mass is 640 g/mol. The van der Waals surface area contributed by atoms with E-state index in [4.69, 9.17) is 19.6 Å². The van der Waals surface area contributed by atoms with E-state index in [1.54, 1.807) is 9.58 Å². The van der Waals surface area contributed by atoms with Crippen LogP contribution in [0.15, 0.2) is 66.7 Å². The first-order valence-corrected chi connectivity index (χ1v) is 15.6. The van der Waals surface area contributed by atoms with E-state index in [0.717, 1.165) is 38.3 Å². The quantitative estimate of drug-likeness (QED) is 0.138. The van der Waals surface area contributed by atoms with Crippen LogP contribution in [0.25, 0.3) is 54.8 Å². The number of carbonyl (C=O) groups is 1. The minimum atomic E-state index is -0.784. The average Bonchev–Trinajstić information content (AvgIpc) is 3.77. The Kier molecular flexibility index (Phi) is 7.61. The first-order valence-electron chi connectivity index (χ1n) is 14.7. The number of hydrogen-bond donors (Lipinski definition) is 0. The van der Waals surface area contributed by atoms with E-state index in [9.17, 15) is 9.18 Å². The molecule has 0 saturated heterocycles. The van der Waals surface area contributed by atoms with Crippen molar-refractivity contribution < 1.29 is 23.0 Å². The molecule has 4 aromatic heterocycles. The molecule has 2 aromatic carbocycles. The first-order chi connectivity index (χ1) is 22.2. The van der Waals surface area contributed by atoms with Gasteiger partial charge in [-0.1, -0.05) is 18.7 Å². The number of rotatable bonds is 8. The second-order valence-electron chi connectivity index (χ2n) is 11.2. The van der Waals surface area contributed by atoms with E-state index in [1.807, 2.05) is 60.6 Å². The predicted octanol–water partition coefficient (Wildman–Crippen LogP) is 6.60. The fraction of sp³-hybridized carbons (Fsp3) is 0.235. The fourth-order valence-corrected chi connectivity index (χ4v) is 6.99. The van der Waals surface area contributed by atoms with Crippen molar-refractivity contribution in [3.63, 3.8) is 0 Å². The third kappa shape index (κ3) is 5.13. The summed E-state index contributed by atoms with van der Waals surface area (Å²) in [6.45, 7) is 6.72. The molecule has 1 aliphatic rings. The number of pyridine rings is 1. The number of methoxy groups -OCH3 is 1. The van der Waals surface area contributed by atoms with Gasteiger partial charge < -0.3 is 14.4 Å². The normalized spacial score (nSPS) is 14.6. The van der Waals surface area contributed by atoms with Gasteiger partial charge in [0.15, 0.2) is 0 Å². The molecule has 0 bridgehead atoms. The van der Waals surface area contributed by atoms with Gasteiger partial charge in [0.25, 0.3) is 0 Å². The minimum absolute atomic E-state index is 0.0373. The Bertz CT molecular complexity index is 2150. The molecule has 1 aliphatic heterocycles. The zero-order chi connectivity index (χ0) is 32.1. The van der Waals surface area contributed by atoms with Crippen LogP contribution in [0.4, 0.5) is 8.78 Å². The molecule has 5 heterocycles. The van der Waals surface area contributed by atoms with Crippen molar-refractivity contribution >= 4 is 38.2 Å². The molecule has 0 N–H and O–H groups in total. The lowest BCUT2D eigenvalue weighted by atomic mass is 9.96. The molecule has 12 heteroatoms. The van der Waals surface area contributed by atoms with Crippen LogP contribution in [0.3, 0.4) is 0 Å². The van der Waals surface area contributed by atoms with E-state index >= 15 is 4.39 Å². The van der Waals surface area contributed by atoms with E-state index in [0.29, 0.717) is 35.7 Å². The Morgan fingerprint density at radius 2 is 1.96 bits per heavy atom. The molecule has 7 rings (SSSR count). The molecular weight excluding hydrogens is 610 g/mol. The van der Waals surface area contributed by atoms with Crippen molar-refractivity contribution in [1.29, 1.82) is 0 Å². The molecule has 0 radical (unpaired) electrons. The van der Waals surface area contributed by atoms with Crippen LogP contribution in [0.5, 0.6) is 5.75 Å². The lowest BCUT2D eigenvalue weighted by Gasteiger charge is -2.33. The molecule has 46 heavy (non-hydrogen) atoms. The van der Waals surface area contributed by atoms with Crippen molar-refractivity contribution in [2.75, 3.05) is 20.3 Å². The highest BCUT2D eigenvalue weighted by Gasteiger charge is 2.30. The van der Waals surface area contributed by atoms with Crippen LogP contribution in [0.2, 0.25) is 0 Å². The lowest BCUT2D eigenvalue weighted by molar-refractivity contribution is -0.129. The van der Waals surface area contributed by atoms with Gasteiger partial charge in [0.05, 0.1) is 42.2 Å². The van der Waals surface area contributed by atoms with Crippen molar-refractivity contribution in [1.82, 2.24) is 29.4 Å². The second kappa shape index (κ2) is 11.8. The summed E-state index contributed by atoms with van der Waals surface area (Å²) < 4.78 is 46.0. The molecule has 6 aromatic rings. The summed E-state index contributed by atoms with van der Waals surface area (Å²) in [5, 5.41) is 13.2. The number of amides is 1. The minimum Gasteiger partial charge on any atom is -0.490 e. The van der Waals surface area contributed by atoms with Gasteiger partial charge in [0, 0.05) is 65.1 Å². The number of halogens is 2. The number of carbonyl (C=O) groups excluding carboxylic acids is 1. The van der Waals surface area contributed by atoms with Gasteiger partial charge >= 0.3 is 0 Å². The topological polar surface area (TPSA) is 87.3 Å². The molecule has 0 saturated carbocycles. The van der Waals surface area contributed by atoms with Crippen LogP contribution < -0.4 is 4.74 Å². The van der Waals surface area contributed by atoms with Crippen molar-refractivity contribution in [2.45, 2.75) is 26.1 Å². The number of thiophene rings is 1. The van der Waals surface area contributed by atoms with Gasteiger partial charge in [-0.15, -0.1) is 11.3 Å². The standard InChI is InChI=1S/C34H30F2N6O3S/c1-5-29(43)41-18-23-15-27(39-42(23)16-19(41)2)33-31(30-25(36)13-22(35)14-28(30)45-10-9-44-4)34-24(8-11-46-34)32(37-33)20-6-7-21-17-40(3)38-26(21)12-20/h5-8,11-15,17,19H,1,9-10,16,18H2,2-4H3. The zero-order valence-corrected chi connectivity index (χ0v) is 26.3. The van der Waals surface area contributed by atoms with E-state index in [2.05, 4.69) is 11.7 Å². The molecule has 234 valence electrons. The molecule has 1 unspecified atom stereocenters. The Balaban J connectivity index is 1.49. The molecule has 0 spiro atoms. The number of hydrogen-bond acceptors (Lipinski definition) is 7. The summed E-state index contributed by atoms with van der Waals surface area (Å²) >= 11 is 1.43. The van der Waals surface area contributed by atoms with E-state index in [1.165, 1.54) is 30.6 Å². The Morgan fingerprint density at radius 1 is 1.11 bits per heavy atom. The Labute approximate surface area is 267 Å². The fourth-order valence-electron chi connectivity index (χ4n) is 6.04. The number of aryl methyl sites for hydroxylation is 1. The number of ether oxygens (including phenoxy) is 2. The van der Waals surface area contributed by atoms with Gasteiger partial charge in [0.2, 0.25) is 5.91 Å². The third-order valence-electron chi connectivity index (χ3n) is 8.18. The summed E-state index contributed by atoms with van der Waals surface area (Å²) in [5.41, 5.74) is 4.55. The van der Waals surface area contributed by atoms with Gasteiger partial charge in [0.1, 0.15) is 35.4 Å². The van der Waals surface area contributed by atoms with Crippen LogP contribution in [0, 0.1) is 11.6 Å². The van der Waals surface area contributed by atoms with Gasteiger partial charge in [-0.2, -0.15) is 10.2 Å². The Morgan fingerprint density at radius 3 is 2.76 bits per heavy atom. The van der Waals surface area contributed by atoms with Gasteiger partial charge in [-0.05, 0) is 36.6 Å². The number of benzene rings is 2. The van der Waals surface area contributed by atoms with Gasteiger partial charge in [-0.25, -0.2) is 13.8 Å². The maximum Gasteiger partial charge on any atom is 0.246 e. The average molecular weight is 641 g/mol. The Hall–Kier alpha value is -4.94. The summed E-state index contributed by atoms with van der Waals surface area (Å²) in [7, 11) is 3.40. The highest BCUT2D eigenvalue weighted by molar-refractivity contribution is 7.18. The maximum atomic E-state index is 16.0. The van der Waals surface area contributed by atoms with Gasteiger partial charge in [-0.3, -0.25) is 14.2 Å². The van der Waals surface area contributed by atoms with E-state index < -0.39 is 11.6 Å². The van der Waals surface area contributed by atoms with E-state index in [-0.39, 0.29) is 36.5 Å². The second-order valence-corrected chi connectivity index (χ2v) is 12.2. The largest absolute Gasteiger partial charge is 0.490 e. The SMILES string of the molecule is C=CC(=O)N1Cc2cc(-c3nc(-c4ccc5cn(C)nc5c4)c4ccsc4c3-c3c(F)cc(F)cc3OCCOC)nn2CC1C. The maximum absolute atomic E-state index is 16.0. The molecule has 1 amide bonds. The van der Waals surface area contributed by atoms with Crippen LogP contribution in [-0.2, 0) is 29.7 Å². The molecule has 0 fully saturated rings. The van der Waals surface area contributed by atoms with Crippen LogP contribution >= 0.6 is 11.3 Å². The molecule has 0 aliphatic carbocycles. The number of nitrogens with zero attached hydrogens (tertiary/aromatic N) is 6. The van der Waals surface area contributed by atoms with Crippen molar-refractivity contribution in [3.8, 4) is 39.5 Å². The highest BCUT2D eigenvalue weighted by atomic mass is 32.1. The number of fused-ring (bicyclic) bond motifs is 3. The van der Waals surface area contributed by atoms with Crippen molar-refractivity contribution in [2.24, 2.45) is 7.05 Å². The summed E-state index contributed by atoms with van der Waals surface area (Å²) in [4.78, 5) is 19.5. The predicted molar refractivity (Wildman–Crippen MR) is 173 cm³/mol. The summed E-state index contributed by atoms with van der Waals surface area (Å²) in [6.07, 6.45) is 3.25. The van der Waals surface area contributed by atoms with Crippen LogP contribution in [-0.4, -0.2) is 61.7 Å². The molecule has 9 nitrogen and oxygen atoms in total. The first kappa shape index (κ1) is 29.8. The molecule has 1 atom stereocenters. The summed E-state index contributed by atoms with van der Waals surface area (Å²) in [5.74, 6) is -1.67. The highest BCUT2D eigenvalue weighted by Crippen LogP contribution is 2.47. The lowest BCUT2D eigenvalue weighted by Crippen LogP contribution is -2.44. The van der Waals surface area contributed by atoms with Crippen LogP contribution in [0.1, 0.15) is 12.6 Å². The summed E-state index contributed by atoms with van der Waals surface area (Å²) in [6, 6.07) is 11.7. The zero-order valence-electron chi connectivity index (χ0n) is 25.5. The van der Waals surface area contributed by atoms with Crippen molar-refractivity contribution in [3.05, 3.63) is 84.0 Å². The molecular formula is C34H30F2N6O3S. The third-order valence-corrected chi connectivity index (χ3v) is 9.11.